The lowest BCUT2D eigenvalue weighted by molar-refractivity contribution is 0.0384. The maximum absolute atomic E-state index is 3.91. The van der Waals surface area contributed by atoms with E-state index < -0.39 is 0 Å². The molecule has 1 unspecified atom stereocenters. The molecule has 1 N–H and O–H groups in total. The first-order valence-corrected chi connectivity index (χ1v) is 8.49. The molecule has 2 saturated carbocycles. The Hall–Kier alpha value is -0.0800. The highest BCUT2D eigenvalue weighted by Gasteiger charge is 2.44. The van der Waals surface area contributed by atoms with Gasteiger partial charge < -0.3 is 10.2 Å². The smallest absolute Gasteiger partial charge is 0.0356 e. The van der Waals surface area contributed by atoms with E-state index in [0.29, 0.717) is 11.6 Å². The second-order valence-corrected chi connectivity index (χ2v) is 7.37. The Morgan fingerprint density at radius 2 is 1.79 bits per heavy atom. The summed E-state index contributed by atoms with van der Waals surface area (Å²) in [6.07, 6.45) is 11.2. The number of likely N-dealkylation sites (N-methyl/N-ethyl adjacent to an activating group) is 1. The molecule has 2 nitrogen and oxygen atoms in total. The van der Waals surface area contributed by atoms with Gasteiger partial charge in [0.05, 0.1) is 0 Å². The molecule has 0 aromatic carbocycles. The van der Waals surface area contributed by atoms with Crippen molar-refractivity contribution in [2.24, 2.45) is 11.8 Å². The third kappa shape index (κ3) is 3.72. The van der Waals surface area contributed by atoms with Crippen LogP contribution in [0.3, 0.4) is 0 Å². The molecule has 2 rings (SSSR count). The zero-order valence-corrected chi connectivity index (χ0v) is 13.5. The molecule has 0 aromatic heterocycles. The lowest BCUT2D eigenvalue weighted by atomic mass is 9.70. The van der Waals surface area contributed by atoms with Crippen molar-refractivity contribution >= 4 is 0 Å². The maximum Gasteiger partial charge on any atom is 0.0356 e. The topological polar surface area (TPSA) is 15.3 Å². The Morgan fingerprint density at radius 3 is 2.26 bits per heavy atom. The van der Waals surface area contributed by atoms with E-state index in [2.05, 4.69) is 38.2 Å². The van der Waals surface area contributed by atoms with Crippen LogP contribution in [-0.2, 0) is 0 Å². The first-order valence-electron chi connectivity index (χ1n) is 8.49. The third-order valence-electron chi connectivity index (χ3n) is 5.59. The minimum Gasteiger partial charge on any atom is -0.312 e. The van der Waals surface area contributed by atoms with Crippen molar-refractivity contribution in [1.82, 2.24) is 10.2 Å². The van der Waals surface area contributed by atoms with Gasteiger partial charge in [-0.1, -0.05) is 26.7 Å². The van der Waals surface area contributed by atoms with Gasteiger partial charge in [0.15, 0.2) is 0 Å². The Morgan fingerprint density at radius 1 is 1.16 bits per heavy atom. The molecule has 0 aliphatic heterocycles. The number of nitrogens with one attached hydrogen (secondary N) is 1. The molecule has 0 spiro atoms. The van der Waals surface area contributed by atoms with Gasteiger partial charge in [-0.3, -0.25) is 0 Å². The fourth-order valence-corrected chi connectivity index (χ4v) is 3.87. The van der Waals surface area contributed by atoms with Crippen LogP contribution < -0.4 is 5.32 Å². The summed E-state index contributed by atoms with van der Waals surface area (Å²) in [7, 11) is 4.62. The van der Waals surface area contributed by atoms with Crippen LogP contribution in [0.25, 0.3) is 0 Å². The Kier molecular flexibility index (Phi) is 5.30. The molecule has 0 saturated heterocycles. The van der Waals surface area contributed by atoms with Crippen LogP contribution in [0.2, 0.25) is 0 Å². The van der Waals surface area contributed by atoms with Crippen molar-refractivity contribution < 1.29 is 0 Å². The van der Waals surface area contributed by atoms with Gasteiger partial charge in [0.1, 0.15) is 0 Å². The van der Waals surface area contributed by atoms with Crippen molar-refractivity contribution in [2.45, 2.75) is 76.8 Å². The van der Waals surface area contributed by atoms with Crippen LogP contribution in [0.1, 0.15) is 65.2 Å². The first kappa shape index (κ1) is 15.3. The molecule has 1 atom stereocenters. The van der Waals surface area contributed by atoms with Crippen LogP contribution in [0, 0.1) is 11.8 Å². The van der Waals surface area contributed by atoms with Crippen molar-refractivity contribution in [3.05, 3.63) is 0 Å². The molecule has 2 fully saturated rings. The van der Waals surface area contributed by atoms with Gasteiger partial charge in [-0.15, -0.1) is 0 Å². The van der Waals surface area contributed by atoms with Gasteiger partial charge in [0.2, 0.25) is 0 Å². The Balaban J connectivity index is 2.07. The predicted octanol–water partition coefficient (Wildman–Crippen LogP) is 3.67. The average molecular weight is 266 g/mol. The van der Waals surface area contributed by atoms with E-state index in [1.165, 1.54) is 57.9 Å². The van der Waals surface area contributed by atoms with E-state index >= 15 is 0 Å². The minimum atomic E-state index is 0.421. The van der Waals surface area contributed by atoms with Crippen LogP contribution in [0.4, 0.5) is 0 Å². The summed E-state index contributed by atoms with van der Waals surface area (Å²) >= 11 is 0. The standard InChI is InChI=1S/C17H34N2/c1-5-12-18-16(13-15-6-7-15)17(19(3)4)10-8-14(2)9-11-17/h14-16,18H,5-13H2,1-4H3. The van der Waals surface area contributed by atoms with E-state index in [-0.39, 0.29) is 0 Å². The second kappa shape index (κ2) is 6.58. The summed E-state index contributed by atoms with van der Waals surface area (Å²) in [5, 5.41) is 3.91. The lowest BCUT2D eigenvalue weighted by Crippen LogP contribution is -2.60. The van der Waals surface area contributed by atoms with Crippen LogP contribution >= 0.6 is 0 Å². The van der Waals surface area contributed by atoms with Gasteiger partial charge in [-0.05, 0) is 71.0 Å². The van der Waals surface area contributed by atoms with Gasteiger partial charge in [-0.2, -0.15) is 0 Å². The molecular formula is C17H34N2. The SMILES string of the molecule is CCCNC(CC1CC1)C1(N(C)C)CCC(C)CC1. The molecule has 2 aliphatic carbocycles. The van der Waals surface area contributed by atoms with Gasteiger partial charge in [-0.25, -0.2) is 0 Å². The van der Waals surface area contributed by atoms with Crippen LogP contribution in [0.5, 0.6) is 0 Å². The Labute approximate surface area is 120 Å². The fourth-order valence-electron chi connectivity index (χ4n) is 3.87. The van der Waals surface area contributed by atoms with Crippen molar-refractivity contribution in [3.8, 4) is 0 Å². The van der Waals surface area contributed by atoms with Crippen molar-refractivity contribution in [3.63, 3.8) is 0 Å². The highest BCUT2D eigenvalue weighted by atomic mass is 15.2. The highest BCUT2D eigenvalue weighted by Crippen LogP contribution is 2.43. The number of nitrogens with zero attached hydrogens (tertiary/aromatic N) is 1. The number of hydrogen-bond donors (Lipinski definition) is 1. The Bertz CT molecular complexity index is 262. The van der Waals surface area contributed by atoms with Crippen LogP contribution in [0.15, 0.2) is 0 Å². The molecule has 19 heavy (non-hydrogen) atoms. The summed E-state index contributed by atoms with van der Waals surface area (Å²) in [5.74, 6) is 1.95. The van der Waals surface area contributed by atoms with E-state index in [1.54, 1.807) is 0 Å². The summed E-state index contributed by atoms with van der Waals surface area (Å²) in [4.78, 5) is 2.55. The molecule has 0 bridgehead atoms. The van der Waals surface area contributed by atoms with E-state index in [9.17, 15) is 0 Å². The highest BCUT2D eigenvalue weighted by molar-refractivity contribution is 5.03. The summed E-state index contributed by atoms with van der Waals surface area (Å²) < 4.78 is 0. The molecule has 0 radical (unpaired) electrons. The van der Waals surface area contributed by atoms with E-state index in [0.717, 1.165) is 11.8 Å². The molecule has 112 valence electrons. The molecule has 0 amide bonds. The third-order valence-corrected chi connectivity index (χ3v) is 5.59. The van der Waals surface area contributed by atoms with Crippen molar-refractivity contribution in [1.29, 1.82) is 0 Å². The molecule has 0 aromatic rings. The normalized spacial score (nSPS) is 33.6. The summed E-state index contributed by atoms with van der Waals surface area (Å²) in [6.45, 7) is 5.89. The maximum atomic E-state index is 3.91. The number of hydrogen-bond acceptors (Lipinski definition) is 2. The second-order valence-electron chi connectivity index (χ2n) is 7.37. The number of rotatable bonds is 7. The monoisotopic (exact) mass is 266 g/mol. The predicted molar refractivity (Wildman–Crippen MR) is 83.5 cm³/mol. The largest absolute Gasteiger partial charge is 0.312 e. The fraction of sp³-hybridized carbons (Fsp3) is 1.00. The van der Waals surface area contributed by atoms with E-state index in [1.807, 2.05) is 0 Å². The quantitative estimate of drug-likeness (QED) is 0.756. The molecule has 2 heteroatoms. The van der Waals surface area contributed by atoms with Gasteiger partial charge in [0, 0.05) is 11.6 Å². The van der Waals surface area contributed by atoms with Crippen LogP contribution in [-0.4, -0.2) is 37.1 Å². The molecule has 0 heterocycles. The zero-order valence-electron chi connectivity index (χ0n) is 13.5. The summed E-state index contributed by atoms with van der Waals surface area (Å²) in [5.41, 5.74) is 0.421. The molecular weight excluding hydrogens is 232 g/mol. The van der Waals surface area contributed by atoms with E-state index in [4.69, 9.17) is 0 Å². The average Bonchev–Trinajstić information content (AvgIpc) is 3.19. The molecule has 2 aliphatic rings. The van der Waals surface area contributed by atoms with Crippen molar-refractivity contribution in [2.75, 3.05) is 20.6 Å². The van der Waals surface area contributed by atoms with Gasteiger partial charge in [0.25, 0.3) is 0 Å². The zero-order chi connectivity index (χ0) is 13.9. The van der Waals surface area contributed by atoms with Gasteiger partial charge >= 0.3 is 0 Å². The summed E-state index contributed by atoms with van der Waals surface area (Å²) in [6, 6.07) is 0.711. The first-order chi connectivity index (χ1) is 9.08. The minimum absolute atomic E-state index is 0.421. The lowest BCUT2D eigenvalue weighted by Gasteiger charge is -2.50.